The van der Waals surface area contributed by atoms with E-state index in [0.29, 0.717) is 6.54 Å². The van der Waals surface area contributed by atoms with Gasteiger partial charge in [-0.25, -0.2) is 0 Å². The van der Waals surface area contributed by atoms with Crippen LogP contribution in [0.3, 0.4) is 0 Å². The Labute approximate surface area is 186 Å². The molecule has 5 rings (SSSR count). The molecule has 1 aromatic carbocycles. The van der Waals surface area contributed by atoms with Crippen molar-refractivity contribution < 1.29 is 9.21 Å². The van der Waals surface area contributed by atoms with Crippen LogP contribution < -0.4 is 9.80 Å². The molecule has 1 fully saturated rings. The van der Waals surface area contributed by atoms with Crippen LogP contribution in [0.25, 0.3) is 0 Å². The maximum Gasteiger partial charge on any atom is 0.240 e. The Bertz CT molecular complexity index is 1060. The lowest BCUT2D eigenvalue weighted by Gasteiger charge is -2.26. The fourth-order valence-electron chi connectivity index (χ4n) is 4.52. The normalized spacial score (nSPS) is 19.1. The molecule has 1 saturated heterocycles. The zero-order valence-corrected chi connectivity index (χ0v) is 18.7. The standard InChI is InChI=1S/C23H27N5O2S/c1-16-14-18-8-3-4-10-20(18)28(16)21(29)17(2)31-23-25-24-22(26-11-5-6-12-26)27(23)15-19-9-7-13-30-19/h3-4,7-10,13,16-17H,5-6,11-12,14-15H2,1-2H3/t16-,17+/m1/s1. The number of para-hydroxylation sites is 1. The van der Waals surface area contributed by atoms with Crippen molar-refractivity contribution in [2.75, 3.05) is 22.9 Å². The van der Waals surface area contributed by atoms with Gasteiger partial charge in [-0.3, -0.25) is 9.36 Å². The van der Waals surface area contributed by atoms with Gasteiger partial charge in [0.25, 0.3) is 0 Å². The second-order valence-electron chi connectivity index (χ2n) is 8.29. The smallest absolute Gasteiger partial charge is 0.240 e. The Balaban J connectivity index is 1.39. The van der Waals surface area contributed by atoms with Crippen molar-refractivity contribution in [3.05, 3.63) is 54.0 Å². The number of hydrogen-bond donors (Lipinski definition) is 0. The van der Waals surface area contributed by atoms with Gasteiger partial charge in [-0.15, -0.1) is 10.2 Å². The van der Waals surface area contributed by atoms with E-state index in [1.54, 1.807) is 6.26 Å². The van der Waals surface area contributed by atoms with Crippen LogP contribution in [0.2, 0.25) is 0 Å². The van der Waals surface area contributed by atoms with Crippen molar-refractivity contribution in [1.82, 2.24) is 14.8 Å². The average Bonchev–Trinajstić information content (AvgIpc) is 3.55. The van der Waals surface area contributed by atoms with E-state index in [4.69, 9.17) is 4.42 Å². The molecule has 0 bridgehead atoms. The number of nitrogens with zero attached hydrogens (tertiary/aromatic N) is 5. The van der Waals surface area contributed by atoms with Crippen molar-refractivity contribution in [2.45, 2.75) is 56.1 Å². The molecule has 2 atom stereocenters. The molecular weight excluding hydrogens is 410 g/mol. The number of benzene rings is 1. The minimum absolute atomic E-state index is 0.109. The molecule has 0 aliphatic carbocycles. The zero-order valence-electron chi connectivity index (χ0n) is 17.9. The molecule has 31 heavy (non-hydrogen) atoms. The first kappa shape index (κ1) is 20.2. The Kier molecular flexibility index (Phi) is 5.48. The summed E-state index contributed by atoms with van der Waals surface area (Å²) in [5.41, 5.74) is 2.26. The quantitative estimate of drug-likeness (QED) is 0.544. The number of carbonyl (C=O) groups is 1. The van der Waals surface area contributed by atoms with E-state index in [9.17, 15) is 4.79 Å². The Morgan fingerprint density at radius 1 is 1.19 bits per heavy atom. The SMILES string of the molecule is C[C@H](Sc1nnc(N2CCCC2)n1Cc1ccco1)C(=O)N1c2ccccc2C[C@H]1C. The van der Waals surface area contributed by atoms with Gasteiger partial charge in [-0.1, -0.05) is 30.0 Å². The molecule has 2 aliphatic heterocycles. The van der Waals surface area contributed by atoms with E-state index in [1.165, 1.54) is 17.3 Å². The summed E-state index contributed by atoms with van der Waals surface area (Å²) in [6.07, 6.45) is 4.90. The van der Waals surface area contributed by atoms with E-state index < -0.39 is 0 Å². The largest absolute Gasteiger partial charge is 0.467 e. The molecule has 3 aromatic rings. The maximum atomic E-state index is 13.4. The highest BCUT2D eigenvalue weighted by molar-refractivity contribution is 8.00. The molecule has 162 valence electrons. The number of carbonyl (C=O) groups excluding carboxylic acids is 1. The van der Waals surface area contributed by atoms with Crippen LogP contribution in [0.1, 0.15) is 38.0 Å². The van der Waals surface area contributed by atoms with Crippen LogP contribution in [0.5, 0.6) is 0 Å². The second-order valence-corrected chi connectivity index (χ2v) is 9.60. The molecule has 0 N–H and O–H groups in total. The minimum Gasteiger partial charge on any atom is -0.467 e. The van der Waals surface area contributed by atoms with Crippen LogP contribution in [-0.4, -0.2) is 45.1 Å². The van der Waals surface area contributed by atoms with Gasteiger partial charge in [0.1, 0.15) is 5.76 Å². The predicted molar refractivity (Wildman–Crippen MR) is 122 cm³/mol. The van der Waals surface area contributed by atoms with Crippen LogP contribution in [-0.2, 0) is 17.8 Å². The molecule has 0 radical (unpaired) electrons. The van der Waals surface area contributed by atoms with Crippen molar-refractivity contribution >= 4 is 29.3 Å². The minimum atomic E-state index is -0.278. The number of amides is 1. The van der Waals surface area contributed by atoms with Crippen molar-refractivity contribution in [1.29, 1.82) is 0 Å². The van der Waals surface area contributed by atoms with E-state index >= 15 is 0 Å². The summed E-state index contributed by atoms with van der Waals surface area (Å²) in [7, 11) is 0. The third-order valence-corrected chi connectivity index (χ3v) is 7.12. The fraction of sp³-hybridized carbons (Fsp3) is 0.435. The van der Waals surface area contributed by atoms with E-state index in [0.717, 1.165) is 54.9 Å². The number of furan rings is 1. The highest BCUT2D eigenvalue weighted by atomic mass is 32.2. The maximum absolute atomic E-state index is 13.4. The van der Waals surface area contributed by atoms with E-state index in [2.05, 4.69) is 32.7 Å². The van der Waals surface area contributed by atoms with Crippen LogP contribution in [0.15, 0.2) is 52.2 Å². The third kappa shape index (κ3) is 3.84. The van der Waals surface area contributed by atoms with E-state index in [1.807, 2.05) is 42.2 Å². The van der Waals surface area contributed by atoms with Gasteiger partial charge in [-0.2, -0.15) is 0 Å². The number of hydrogen-bond acceptors (Lipinski definition) is 6. The van der Waals surface area contributed by atoms with Crippen LogP contribution >= 0.6 is 11.8 Å². The van der Waals surface area contributed by atoms with Gasteiger partial charge in [0.15, 0.2) is 5.16 Å². The van der Waals surface area contributed by atoms with Gasteiger partial charge < -0.3 is 14.2 Å². The fourth-order valence-corrected chi connectivity index (χ4v) is 5.41. The Morgan fingerprint density at radius 3 is 2.77 bits per heavy atom. The lowest BCUT2D eigenvalue weighted by atomic mass is 10.1. The predicted octanol–water partition coefficient (Wildman–Crippen LogP) is 3.98. The molecule has 2 aromatic heterocycles. The Morgan fingerprint density at radius 2 is 2.00 bits per heavy atom. The molecule has 2 aliphatic rings. The number of aromatic nitrogens is 3. The van der Waals surface area contributed by atoms with E-state index in [-0.39, 0.29) is 17.2 Å². The molecule has 1 amide bonds. The third-order valence-electron chi connectivity index (χ3n) is 6.05. The van der Waals surface area contributed by atoms with Crippen molar-refractivity contribution in [2.24, 2.45) is 0 Å². The summed E-state index contributed by atoms with van der Waals surface area (Å²) < 4.78 is 7.67. The first-order chi connectivity index (χ1) is 15.1. The van der Waals surface area contributed by atoms with Gasteiger partial charge in [0.05, 0.1) is 18.1 Å². The topological polar surface area (TPSA) is 67.4 Å². The molecule has 7 nitrogen and oxygen atoms in total. The van der Waals surface area contributed by atoms with Crippen LogP contribution in [0.4, 0.5) is 11.6 Å². The number of fused-ring (bicyclic) bond motifs is 1. The van der Waals surface area contributed by atoms with Gasteiger partial charge in [0, 0.05) is 24.8 Å². The molecule has 8 heteroatoms. The van der Waals surface area contributed by atoms with Crippen LogP contribution in [0, 0.1) is 0 Å². The first-order valence-corrected chi connectivity index (χ1v) is 11.8. The summed E-state index contributed by atoms with van der Waals surface area (Å²) >= 11 is 1.47. The van der Waals surface area contributed by atoms with Gasteiger partial charge in [-0.05, 0) is 56.9 Å². The second kappa shape index (κ2) is 8.42. The first-order valence-electron chi connectivity index (χ1n) is 10.9. The van der Waals surface area contributed by atoms with Gasteiger partial charge >= 0.3 is 0 Å². The number of thioether (sulfide) groups is 1. The molecule has 0 saturated carbocycles. The summed E-state index contributed by atoms with van der Waals surface area (Å²) in [5.74, 6) is 1.82. The lowest BCUT2D eigenvalue weighted by molar-refractivity contribution is -0.118. The molecular formula is C23H27N5O2S. The molecule has 0 spiro atoms. The molecule has 4 heterocycles. The van der Waals surface area contributed by atoms with Crippen molar-refractivity contribution in [3.63, 3.8) is 0 Å². The highest BCUT2D eigenvalue weighted by Crippen LogP contribution is 2.35. The molecule has 0 unspecified atom stereocenters. The summed E-state index contributed by atoms with van der Waals surface area (Å²) in [6.45, 7) is 6.59. The average molecular weight is 438 g/mol. The monoisotopic (exact) mass is 437 g/mol. The number of anilines is 2. The summed E-state index contributed by atoms with van der Waals surface area (Å²) in [4.78, 5) is 17.6. The highest BCUT2D eigenvalue weighted by Gasteiger charge is 2.34. The summed E-state index contributed by atoms with van der Waals surface area (Å²) in [5, 5.41) is 9.44. The number of rotatable bonds is 6. The zero-order chi connectivity index (χ0) is 21.4. The Hall–Kier alpha value is -2.74. The lowest BCUT2D eigenvalue weighted by Crippen LogP contribution is -2.40. The van der Waals surface area contributed by atoms with Gasteiger partial charge in [0.2, 0.25) is 11.9 Å². The van der Waals surface area contributed by atoms with Crippen molar-refractivity contribution in [3.8, 4) is 0 Å². The summed E-state index contributed by atoms with van der Waals surface area (Å²) in [6, 6.07) is 12.2.